The van der Waals surface area contributed by atoms with E-state index in [9.17, 15) is 0 Å². The monoisotopic (exact) mass is 349 g/mol. The normalized spacial score (nSPS) is 21.5. The van der Waals surface area contributed by atoms with Crippen LogP contribution in [-0.4, -0.2) is 70.0 Å². The number of benzene rings is 1. The fourth-order valence-electron chi connectivity index (χ4n) is 4.01. The lowest BCUT2D eigenvalue weighted by molar-refractivity contribution is 0.185. The molecule has 4 heterocycles. The van der Waals surface area contributed by atoms with Gasteiger partial charge in [0.1, 0.15) is 5.82 Å². The van der Waals surface area contributed by atoms with E-state index < -0.39 is 0 Å². The molecule has 0 amide bonds. The maximum absolute atomic E-state index is 4.86. The van der Waals surface area contributed by atoms with Crippen LogP contribution in [0.2, 0.25) is 0 Å². The van der Waals surface area contributed by atoms with Gasteiger partial charge in [0.25, 0.3) is 0 Å². The molecule has 0 saturated carbocycles. The number of hydrogen-bond donors (Lipinski definition) is 1. The highest BCUT2D eigenvalue weighted by atomic mass is 15.4. The predicted octanol–water partition coefficient (Wildman–Crippen LogP) is 1.28. The number of fused-ring (bicyclic) bond motifs is 1. The summed E-state index contributed by atoms with van der Waals surface area (Å²) in [6.07, 6.45) is 1.20. The van der Waals surface area contributed by atoms with Gasteiger partial charge in [-0.3, -0.25) is 4.90 Å². The molecule has 1 unspecified atom stereocenters. The quantitative estimate of drug-likeness (QED) is 0.769. The third-order valence-corrected chi connectivity index (χ3v) is 5.44. The second kappa shape index (κ2) is 6.66. The highest BCUT2D eigenvalue weighted by Gasteiger charge is 2.29. The van der Waals surface area contributed by atoms with E-state index in [1.54, 1.807) is 0 Å². The lowest BCUT2D eigenvalue weighted by Gasteiger charge is -2.32. The molecule has 0 bridgehead atoms. The van der Waals surface area contributed by atoms with Gasteiger partial charge in [-0.25, -0.2) is 0 Å². The summed E-state index contributed by atoms with van der Waals surface area (Å²) in [6, 6.07) is 14.8. The molecule has 0 aliphatic carbocycles. The van der Waals surface area contributed by atoms with E-state index in [1.165, 1.54) is 6.42 Å². The van der Waals surface area contributed by atoms with Crippen LogP contribution < -0.4 is 10.2 Å². The largest absolute Gasteiger partial charge is 0.354 e. The summed E-state index contributed by atoms with van der Waals surface area (Å²) in [5.41, 5.74) is 1.82. The number of rotatable bonds is 3. The Hall–Kier alpha value is -2.51. The van der Waals surface area contributed by atoms with Crippen LogP contribution in [0.5, 0.6) is 0 Å². The van der Waals surface area contributed by atoms with Crippen LogP contribution in [0.25, 0.3) is 17.0 Å². The number of piperazine rings is 1. The molecule has 2 fully saturated rings. The molecular formula is C19H23N7. The van der Waals surface area contributed by atoms with Gasteiger partial charge in [-0.2, -0.15) is 4.52 Å². The van der Waals surface area contributed by atoms with E-state index in [4.69, 9.17) is 5.10 Å². The predicted molar refractivity (Wildman–Crippen MR) is 101 cm³/mol. The van der Waals surface area contributed by atoms with Gasteiger partial charge >= 0.3 is 0 Å². The second-order valence-electron chi connectivity index (χ2n) is 7.03. The maximum Gasteiger partial charge on any atom is 0.185 e. The Labute approximate surface area is 152 Å². The first kappa shape index (κ1) is 15.7. The van der Waals surface area contributed by atoms with Crippen LogP contribution >= 0.6 is 0 Å². The zero-order chi connectivity index (χ0) is 17.3. The molecular weight excluding hydrogens is 326 g/mol. The van der Waals surface area contributed by atoms with Crippen molar-refractivity contribution in [1.82, 2.24) is 30.0 Å². The van der Waals surface area contributed by atoms with Gasteiger partial charge in [0.15, 0.2) is 11.5 Å². The minimum absolute atomic E-state index is 0.629. The molecule has 7 nitrogen and oxygen atoms in total. The Balaban J connectivity index is 1.41. The Morgan fingerprint density at radius 2 is 1.77 bits per heavy atom. The lowest BCUT2D eigenvalue weighted by atomic mass is 10.2. The Kier molecular flexibility index (Phi) is 4.03. The summed E-state index contributed by atoms with van der Waals surface area (Å²) in [4.78, 5) is 5.00. The van der Waals surface area contributed by atoms with Crippen molar-refractivity contribution >= 4 is 11.5 Å². The Bertz CT molecular complexity index is 885. The molecule has 1 atom stereocenters. The maximum atomic E-state index is 4.86. The molecule has 0 spiro atoms. The van der Waals surface area contributed by atoms with Crippen LogP contribution in [0.1, 0.15) is 6.42 Å². The van der Waals surface area contributed by atoms with Gasteiger partial charge in [-0.15, -0.1) is 15.3 Å². The van der Waals surface area contributed by atoms with Crippen LogP contribution in [0.4, 0.5) is 5.82 Å². The van der Waals surface area contributed by atoms with Crippen molar-refractivity contribution < 1.29 is 0 Å². The average Bonchev–Trinajstić information content (AvgIpc) is 3.36. The van der Waals surface area contributed by atoms with Gasteiger partial charge < -0.3 is 10.2 Å². The van der Waals surface area contributed by atoms with Gasteiger partial charge in [0.05, 0.1) is 0 Å². The number of anilines is 1. The fourth-order valence-corrected chi connectivity index (χ4v) is 4.01. The average molecular weight is 349 g/mol. The molecule has 2 saturated heterocycles. The third kappa shape index (κ3) is 2.83. The van der Waals surface area contributed by atoms with Crippen LogP contribution in [0.15, 0.2) is 42.5 Å². The zero-order valence-electron chi connectivity index (χ0n) is 14.8. The smallest absolute Gasteiger partial charge is 0.185 e. The first-order chi connectivity index (χ1) is 12.9. The molecule has 134 valence electrons. The standard InChI is InChI=1S/C19H23N7/c1-2-4-15(5-3-1)19-22-21-17-6-7-18(23-26(17)19)25-11-8-16(14-25)24-12-9-20-10-13-24/h1-7,16,20H,8-14H2. The molecule has 0 radical (unpaired) electrons. The summed E-state index contributed by atoms with van der Waals surface area (Å²) < 4.78 is 1.86. The highest BCUT2D eigenvalue weighted by Crippen LogP contribution is 2.23. The topological polar surface area (TPSA) is 61.6 Å². The number of hydrogen-bond acceptors (Lipinski definition) is 6. The van der Waals surface area contributed by atoms with Crippen LogP contribution in [0.3, 0.4) is 0 Å². The van der Waals surface area contributed by atoms with Crippen molar-refractivity contribution in [2.45, 2.75) is 12.5 Å². The second-order valence-corrected chi connectivity index (χ2v) is 7.03. The van der Waals surface area contributed by atoms with Crippen molar-refractivity contribution in [3.8, 4) is 11.4 Å². The number of aromatic nitrogens is 4. The summed E-state index contributed by atoms with van der Waals surface area (Å²) in [5.74, 6) is 1.80. The van der Waals surface area contributed by atoms with E-state index in [-0.39, 0.29) is 0 Å². The molecule has 1 N–H and O–H groups in total. The fraction of sp³-hybridized carbons (Fsp3) is 0.421. The van der Waals surface area contributed by atoms with Crippen molar-refractivity contribution in [3.63, 3.8) is 0 Å². The molecule has 26 heavy (non-hydrogen) atoms. The first-order valence-electron chi connectivity index (χ1n) is 9.36. The number of nitrogens with zero attached hydrogens (tertiary/aromatic N) is 6. The van der Waals surface area contributed by atoms with Gasteiger partial charge in [0.2, 0.25) is 0 Å². The Morgan fingerprint density at radius 3 is 2.62 bits per heavy atom. The summed E-state index contributed by atoms with van der Waals surface area (Å²) in [7, 11) is 0. The molecule has 5 rings (SSSR count). The first-order valence-corrected chi connectivity index (χ1v) is 9.36. The van der Waals surface area contributed by atoms with Gasteiger partial charge in [-0.05, 0) is 18.6 Å². The van der Waals surface area contributed by atoms with Crippen LogP contribution in [0, 0.1) is 0 Å². The molecule has 3 aromatic rings. The van der Waals surface area contributed by atoms with Crippen LogP contribution in [-0.2, 0) is 0 Å². The van der Waals surface area contributed by atoms with E-state index in [0.29, 0.717) is 6.04 Å². The molecule has 2 aromatic heterocycles. The van der Waals surface area contributed by atoms with Crippen molar-refractivity contribution in [2.24, 2.45) is 0 Å². The van der Waals surface area contributed by atoms with E-state index >= 15 is 0 Å². The van der Waals surface area contributed by atoms with E-state index in [0.717, 1.165) is 62.1 Å². The molecule has 2 aliphatic heterocycles. The highest BCUT2D eigenvalue weighted by molar-refractivity contribution is 5.59. The van der Waals surface area contributed by atoms with Crippen molar-refractivity contribution in [3.05, 3.63) is 42.5 Å². The van der Waals surface area contributed by atoms with Crippen molar-refractivity contribution in [1.29, 1.82) is 0 Å². The minimum atomic E-state index is 0.629. The van der Waals surface area contributed by atoms with E-state index in [2.05, 4.69) is 31.4 Å². The SMILES string of the molecule is c1ccc(-c2nnc3ccc(N4CCC(N5CCNCC5)C4)nn23)cc1. The minimum Gasteiger partial charge on any atom is -0.354 e. The van der Waals surface area contributed by atoms with Gasteiger partial charge in [0, 0.05) is 50.9 Å². The zero-order valence-corrected chi connectivity index (χ0v) is 14.8. The summed E-state index contributed by atoms with van der Waals surface area (Å²) in [5, 5.41) is 16.9. The summed E-state index contributed by atoms with van der Waals surface area (Å²) in [6.45, 7) is 6.59. The third-order valence-electron chi connectivity index (χ3n) is 5.44. The summed E-state index contributed by atoms with van der Waals surface area (Å²) >= 11 is 0. The molecule has 7 heteroatoms. The lowest BCUT2D eigenvalue weighted by Crippen LogP contribution is -2.49. The van der Waals surface area contributed by atoms with Crippen molar-refractivity contribution in [2.75, 3.05) is 44.2 Å². The molecule has 1 aromatic carbocycles. The number of nitrogens with one attached hydrogen (secondary N) is 1. The Morgan fingerprint density at radius 1 is 0.923 bits per heavy atom. The van der Waals surface area contributed by atoms with Gasteiger partial charge in [-0.1, -0.05) is 30.3 Å². The molecule has 2 aliphatic rings. The van der Waals surface area contributed by atoms with E-state index in [1.807, 2.05) is 40.9 Å².